The zero-order chi connectivity index (χ0) is 19.8. The molecule has 0 radical (unpaired) electrons. The van der Waals surface area contributed by atoms with Crippen LogP contribution in [0.25, 0.3) is 21.7 Å². The Hall–Kier alpha value is -2.16. The lowest BCUT2D eigenvalue weighted by molar-refractivity contribution is -0.0512. The summed E-state index contributed by atoms with van der Waals surface area (Å²) in [6.45, 7) is 4.25. The summed E-state index contributed by atoms with van der Waals surface area (Å²) in [4.78, 5) is 23.5. The van der Waals surface area contributed by atoms with E-state index in [-0.39, 0.29) is 12.2 Å². The van der Waals surface area contributed by atoms with E-state index in [4.69, 9.17) is 19.4 Å². The lowest BCUT2D eigenvalue weighted by atomic mass is 9.96. The second-order valence-corrected chi connectivity index (χ2v) is 8.87. The molecule has 0 saturated carbocycles. The lowest BCUT2D eigenvalue weighted by Gasteiger charge is -2.37. The van der Waals surface area contributed by atoms with Crippen LogP contribution in [0.1, 0.15) is 30.2 Å². The molecule has 0 N–H and O–H groups in total. The Morgan fingerprint density at radius 1 is 1.21 bits per heavy atom. The van der Waals surface area contributed by atoms with E-state index in [0.717, 1.165) is 36.6 Å². The number of hydrogen-bond acceptors (Lipinski definition) is 8. The Kier molecular flexibility index (Phi) is 5.15. The monoisotopic (exact) mass is 411 g/mol. The summed E-state index contributed by atoms with van der Waals surface area (Å²) in [7, 11) is 1.72. The third kappa shape index (κ3) is 3.60. The molecule has 2 aliphatic rings. The molecule has 2 atom stereocenters. The van der Waals surface area contributed by atoms with E-state index in [9.17, 15) is 0 Å². The number of anilines is 1. The number of hydrogen-bond donors (Lipinski definition) is 0. The Morgan fingerprint density at radius 2 is 2.10 bits per heavy atom. The van der Waals surface area contributed by atoms with Crippen LogP contribution in [0.5, 0.6) is 0 Å². The normalized spacial score (nSPS) is 22.1. The molecular formula is C21H25N5O2S. The van der Waals surface area contributed by atoms with Gasteiger partial charge in [0.15, 0.2) is 5.82 Å². The molecule has 0 aromatic carbocycles. The number of thiophene rings is 1. The quantitative estimate of drug-likeness (QED) is 0.652. The minimum Gasteiger partial charge on any atom is -0.382 e. The number of aryl methyl sites for hydroxylation is 2. The first-order valence-electron chi connectivity index (χ1n) is 10.2. The summed E-state index contributed by atoms with van der Waals surface area (Å²) < 4.78 is 11.4. The molecule has 0 amide bonds. The molecule has 5 rings (SSSR count). The summed E-state index contributed by atoms with van der Waals surface area (Å²) in [5.74, 6) is 1.65. The van der Waals surface area contributed by atoms with Crippen molar-refractivity contribution in [2.45, 2.75) is 44.8 Å². The van der Waals surface area contributed by atoms with Crippen LogP contribution in [-0.4, -0.2) is 59.0 Å². The molecule has 0 bridgehead atoms. The zero-order valence-electron chi connectivity index (χ0n) is 16.8. The summed E-state index contributed by atoms with van der Waals surface area (Å²) >= 11 is 1.82. The minimum absolute atomic E-state index is 0.0307. The maximum Gasteiger partial charge on any atom is 0.183 e. The highest BCUT2D eigenvalue weighted by Crippen LogP contribution is 2.41. The van der Waals surface area contributed by atoms with Gasteiger partial charge in [0.2, 0.25) is 0 Å². The number of rotatable bonds is 4. The third-order valence-electron chi connectivity index (χ3n) is 5.57. The van der Waals surface area contributed by atoms with Crippen molar-refractivity contribution in [1.29, 1.82) is 0 Å². The number of aromatic nitrogens is 4. The number of nitrogens with zero attached hydrogens (tertiary/aromatic N) is 5. The highest BCUT2D eigenvalue weighted by atomic mass is 32.1. The highest BCUT2D eigenvalue weighted by Gasteiger charge is 2.30. The summed E-state index contributed by atoms with van der Waals surface area (Å²) in [6.07, 6.45) is 9.97. The molecule has 0 spiro atoms. The van der Waals surface area contributed by atoms with E-state index in [1.165, 1.54) is 28.7 Å². The molecule has 1 aliphatic heterocycles. The van der Waals surface area contributed by atoms with Gasteiger partial charge >= 0.3 is 0 Å². The van der Waals surface area contributed by atoms with E-state index in [1.807, 2.05) is 11.3 Å². The van der Waals surface area contributed by atoms with Gasteiger partial charge in [-0.2, -0.15) is 0 Å². The first-order valence-corrected chi connectivity index (χ1v) is 11.0. The Morgan fingerprint density at radius 3 is 2.93 bits per heavy atom. The van der Waals surface area contributed by atoms with Gasteiger partial charge in [0.05, 0.1) is 30.4 Å². The predicted octanol–water partition coefficient (Wildman–Crippen LogP) is 3.27. The van der Waals surface area contributed by atoms with Gasteiger partial charge in [-0.05, 0) is 38.2 Å². The van der Waals surface area contributed by atoms with Gasteiger partial charge in [-0.1, -0.05) is 0 Å². The van der Waals surface area contributed by atoms with Gasteiger partial charge in [0, 0.05) is 37.5 Å². The number of morpholine rings is 1. The van der Waals surface area contributed by atoms with Gasteiger partial charge < -0.3 is 14.4 Å². The van der Waals surface area contributed by atoms with Crippen molar-refractivity contribution in [2.24, 2.45) is 0 Å². The lowest BCUT2D eigenvalue weighted by Crippen LogP contribution is -2.48. The number of fused-ring (bicyclic) bond motifs is 3. The molecule has 29 heavy (non-hydrogen) atoms. The second kappa shape index (κ2) is 7.93. The topological polar surface area (TPSA) is 73.3 Å². The van der Waals surface area contributed by atoms with Gasteiger partial charge in [-0.3, -0.25) is 4.98 Å². The summed E-state index contributed by atoms with van der Waals surface area (Å²) in [6, 6.07) is 0. The Bertz CT molecular complexity index is 1010. The summed E-state index contributed by atoms with van der Waals surface area (Å²) in [5, 5.41) is 1.22. The van der Waals surface area contributed by atoms with Crippen molar-refractivity contribution in [3.8, 4) is 11.5 Å². The van der Waals surface area contributed by atoms with Gasteiger partial charge in [-0.15, -0.1) is 11.3 Å². The fourth-order valence-electron chi connectivity index (χ4n) is 4.39. The first kappa shape index (κ1) is 18.8. The van der Waals surface area contributed by atoms with Crippen molar-refractivity contribution in [1.82, 2.24) is 19.9 Å². The average Bonchev–Trinajstić information content (AvgIpc) is 3.12. The van der Waals surface area contributed by atoms with Crippen LogP contribution in [0, 0.1) is 0 Å². The van der Waals surface area contributed by atoms with Crippen molar-refractivity contribution in [3.05, 3.63) is 29.0 Å². The Labute approximate surface area is 174 Å². The Balaban J connectivity index is 1.66. The minimum atomic E-state index is 0.0307. The van der Waals surface area contributed by atoms with Gasteiger partial charge in [-0.25, -0.2) is 15.0 Å². The van der Waals surface area contributed by atoms with E-state index in [1.54, 1.807) is 25.7 Å². The molecule has 7 nitrogen and oxygen atoms in total. The van der Waals surface area contributed by atoms with Crippen molar-refractivity contribution in [3.63, 3.8) is 0 Å². The molecule has 1 aliphatic carbocycles. The van der Waals surface area contributed by atoms with Crippen LogP contribution in [-0.2, 0) is 22.3 Å². The van der Waals surface area contributed by atoms with Gasteiger partial charge in [0.25, 0.3) is 0 Å². The van der Waals surface area contributed by atoms with Crippen molar-refractivity contribution < 1.29 is 9.47 Å². The van der Waals surface area contributed by atoms with E-state index in [2.05, 4.69) is 21.8 Å². The van der Waals surface area contributed by atoms with Crippen LogP contribution in [0.2, 0.25) is 0 Å². The SMILES string of the molecule is COCC1CN(c2nc(-c3cnccn3)nc3sc4c(c23)CCCC4)CC(C)O1. The second-order valence-electron chi connectivity index (χ2n) is 7.78. The number of ether oxygens (including phenoxy) is 2. The molecule has 8 heteroatoms. The molecule has 1 saturated heterocycles. The highest BCUT2D eigenvalue weighted by molar-refractivity contribution is 7.19. The predicted molar refractivity (Wildman–Crippen MR) is 114 cm³/mol. The maximum atomic E-state index is 6.07. The van der Waals surface area contributed by atoms with E-state index in [0.29, 0.717) is 18.1 Å². The van der Waals surface area contributed by atoms with Crippen LogP contribution >= 0.6 is 11.3 Å². The fourth-order valence-corrected chi connectivity index (χ4v) is 5.65. The van der Waals surface area contributed by atoms with Crippen LogP contribution in [0.3, 0.4) is 0 Å². The van der Waals surface area contributed by atoms with Crippen LogP contribution in [0.4, 0.5) is 5.82 Å². The smallest absolute Gasteiger partial charge is 0.183 e. The molecule has 3 aromatic rings. The zero-order valence-corrected chi connectivity index (χ0v) is 17.6. The van der Waals surface area contributed by atoms with E-state index < -0.39 is 0 Å². The van der Waals surface area contributed by atoms with Crippen LogP contribution in [0.15, 0.2) is 18.6 Å². The number of methoxy groups -OCH3 is 1. The standard InChI is InChI=1S/C21H25N5O2S/c1-13-10-26(11-14(28-13)12-27-2)20-18-15-5-3-4-6-17(15)29-21(18)25-19(24-20)16-9-22-7-8-23-16/h7-9,13-14H,3-6,10-12H2,1-2H3. The first-order chi connectivity index (χ1) is 14.2. The fraction of sp³-hybridized carbons (Fsp3) is 0.524. The molecule has 1 fully saturated rings. The molecule has 4 heterocycles. The van der Waals surface area contributed by atoms with Crippen molar-refractivity contribution in [2.75, 3.05) is 31.7 Å². The summed E-state index contributed by atoms with van der Waals surface area (Å²) in [5.41, 5.74) is 2.15. The largest absolute Gasteiger partial charge is 0.382 e. The average molecular weight is 412 g/mol. The maximum absolute atomic E-state index is 6.07. The molecule has 152 valence electrons. The van der Waals surface area contributed by atoms with Gasteiger partial charge in [0.1, 0.15) is 16.3 Å². The third-order valence-corrected chi connectivity index (χ3v) is 6.75. The molecule has 3 aromatic heterocycles. The van der Waals surface area contributed by atoms with Crippen LogP contribution < -0.4 is 4.90 Å². The van der Waals surface area contributed by atoms with E-state index >= 15 is 0 Å². The molecule has 2 unspecified atom stereocenters. The molecular weight excluding hydrogens is 386 g/mol. The van der Waals surface area contributed by atoms with Crippen molar-refractivity contribution >= 4 is 27.4 Å².